The number of hydrogen-bond acceptors (Lipinski definition) is 4. The number of aromatic nitrogens is 3. The van der Waals surface area contributed by atoms with Crippen molar-refractivity contribution in [1.82, 2.24) is 15.0 Å². The summed E-state index contributed by atoms with van der Waals surface area (Å²) >= 11 is 0. The zero-order valence-electron chi connectivity index (χ0n) is 14.1. The maximum absolute atomic E-state index is 6.01. The molecule has 0 radical (unpaired) electrons. The van der Waals surface area contributed by atoms with Crippen LogP contribution in [-0.4, -0.2) is 15.0 Å². The van der Waals surface area contributed by atoms with Crippen molar-refractivity contribution in [3.05, 3.63) is 72.6 Å². The van der Waals surface area contributed by atoms with Gasteiger partial charge in [-0.2, -0.15) is 0 Å². The third kappa shape index (κ3) is 2.41. The van der Waals surface area contributed by atoms with E-state index in [9.17, 15) is 0 Å². The number of furan rings is 1. The van der Waals surface area contributed by atoms with Crippen LogP contribution in [0.15, 0.2) is 71.3 Å². The Labute approximate surface area is 149 Å². The third-order valence-corrected chi connectivity index (χ3v) is 4.29. The molecule has 2 aromatic carbocycles. The number of imidazole rings is 1. The molecule has 0 saturated carbocycles. The molecule has 3 aromatic heterocycles. The van der Waals surface area contributed by atoms with Crippen molar-refractivity contribution in [2.45, 2.75) is 6.92 Å². The highest BCUT2D eigenvalue weighted by atomic mass is 16.5. The minimum atomic E-state index is 0.556. The third-order valence-electron chi connectivity index (χ3n) is 4.29. The minimum absolute atomic E-state index is 0.556. The second-order valence-corrected chi connectivity index (χ2v) is 6.10. The molecular formula is C21H15N3O2. The number of benzene rings is 2. The maximum atomic E-state index is 6.01. The van der Waals surface area contributed by atoms with E-state index in [-0.39, 0.29) is 0 Å². The van der Waals surface area contributed by atoms with Gasteiger partial charge in [-0.1, -0.05) is 42.5 Å². The highest BCUT2D eigenvalue weighted by Crippen LogP contribution is 2.36. The van der Waals surface area contributed by atoms with Gasteiger partial charge >= 0.3 is 0 Å². The maximum Gasteiger partial charge on any atom is 0.227 e. The Morgan fingerprint density at radius 2 is 1.81 bits per heavy atom. The molecule has 0 unspecified atom stereocenters. The quantitative estimate of drug-likeness (QED) is 0.472. The van der Waals surface area contributed by atoms with E-state index in [2.05, 4.69) is 15.0 Å². The normalized spacial score (nSPS) is 11.3. The number of aromatic amines is 1. The SMILES string of the molecule is Cc1ccc2c(n1)oc1c(Oc3cnc(-c4ccccc4)[nH]3)cccc12. The summed E-state index contributed by atoms with van der Waals surface area (Å²) < 4.78 is 12.0. The number of ether oxygens (including phenoxy) is 1. The molecule has 0 fully saturated rings. The Kier molecular flexibility index (Phi) is 3.25. The molecular weight excluding hydrogens is 326 g/mol. The van der Waals surface area contributed by atoms with Crippen LogP contribution in [-0.2, 0) is 0 Å². The highest BCUT2D eigenvalue weighted by Gasteiger charge is 2.14. The Morgan fingerprint density at radius 1 is 0.923 bits per heavy atom. The first-order valence-electron chi connectivity index (χ1n) is 8.35. The molecule has 5 aromatic rings. The fourth-order valence-electron chi connectivity index (χ4n) is 3.04. The lowest BCUT2D eigenvalue weighted by molar-refractivity contribution is 0.460. The fourth-order valence-corrected chi connectivity index (χ4v) is 3.04. The van der Waals surface area contributed by atoms with Crippen molar-refractivity contribution in [3.8, 4) is 23.0 Å². The average molecular weight is 341 g/mol. The predicted molar refractivity (Wildman–Crippen MR) is 100 cm³/mol. The van der Waals surface area contributed by atoms with Crippen LogP contribution in [0.1, 0.15) is 5.69 Å². The summed E-state index contributed by atoms with van der Waals surface area (Å²) in [5.74, 6) is 1.94. The molecule has 126 valence electrons. The van der Waals surface area contributed by atoms with E-state index in [0.717, 1.165) is 27.9 Å². The molecule has 5 rings (SSSR count). The second kappa shape index (κ2) is 5.74. The summed E-state index contributed by atoms with van der Waals surface area (Å²) in [6.07, 6.45) is 1.67. The lowest BCUT2D eigenvalue weighted by atomic mass is 10.2. The molecule has 3 heterocycles. The number of H-pyrrole nitrogens is 1. The number of nitrogens with zero attached hydrogens (tertiary/aromatic N) is 2. The average Bonchev–Trinajstić information content (AvgIpc) is 3.27. The van der Waals surface area contributed by atoms with E-state index in [1.807, 2.05) is 67.6 Å². The van der Waals surface area contributed by atoms with Gasteiger partial charge < -0.3 is 14.1 Å². The van der Waals surface area contributed by atoms with E-state index in [1.165, 1.54) is 0 Å². The number of pyridine rings is 1. The fraction of sp³-hybridized carbons (Fsp3) is 0.0476. The summed E-state index contributed by atoms with van der Waals surface area (Å²) in [5.41, 5.74) is 3.21. The van der Waals surface area contributed by atoms with Crippen LogP contribution in [0.4, 0.5) is 0 Å². The van der Waals surface area contributed by atoms with Gasteiger partial charge in [-0.15, -0.1) is 0 Å². The Bertz CT molecular complexity index is 1220. The van der Waals surface area contributed by atoms with Gasteiger partial charge in [0, 0.05) is 22.0 Å². The van der Waals surface area contributed by atoms with Gasteiger partial charge in [0.25, 0.3) is 0 Å². The molecule has 1 N–H and O–H groups in total. The standard InChI is InChI=1S/C21H15N3O2/c1-13-10-11-16-15-8-5-9-17(19(15)26-21(16)23-13)25-18-12-22-20(24-18)14-6-3-2-4-7-14/h2-12H,1H3,(H,22,24). The zero-order valence-corrected chi connectivity index (χ0v) is 14.1. The topological polar surface area (TPSA) is 63.9 Å². The lowest BCUT2D eigenvalue weighted by Gasteiger charge is -2.03. The van der Waals surface area contributed by atoms with Crippen LogP contribution in [0.3, 0.4) is 0 Å². The molecule has 0 atom stereocenters. The van der Waals surface area contributed by atoms with Crippen molar-refractivity contribution in [2.75, 3.05) is 0 Å². The van der Waals surface area contributed by atoms with Crippen LogP contribution in [0.25, 0.3) is 33.5 Å². The summed E-state index contributed by atoms with van der Waals surface area (Å²) in [4.78, 5) is 12.1. The van der Waals surface area contributed by atoms with Gasteiger partial charge in [-0.25, -0.2) is 9.97 Å². The van der Waals surface area contributed by atoms with E-state index in [1.54, 1.807) is 6.20 Å². The monoisotopic (exact) mass is 341 g/mol. The predicted octanol–water partition coefficient (Wildman–Crippen LogP) is 5.47. The largest absolute Gasteiger partial charge is 0.435 e. The van der Waals surface area contributed by atoms with Crippen LogP contribution >= 0.6 is 0 Å². The van der Waals surface area contributed by atoms with Crippen LogP contribution in [0.5, 0.6) is 11.6 Å². The van der Waals surface area contributed by atoms with E-state index in [0.29, 0.717) is 22.9 Å². The molecule has 0 amide bonds. The lowest BCUT2D eigenvalue weighted by Crippen LogP contribution is -1.85. The molecule has 5 heteroatoms. The van der Waals surface area contributed by atoms with Crippen LogP contribution in [0.2, 0.25) is 0 Å². The van der Waals surface area contributed by atoms with E-state index in [4.69, 9.17) is 9.15 Å². The van der Waals surface area contributed by atoms with Gasteiger partial charge in [0.15, 0.2) is 11.3 Å². The molecule has 0 aliphatic heterocycles. The molecule has 26 heavy (non-hydrogen) atoms. The van der Waals surface area contributed by atoms with Crippen molar-refractivity contribution in [2.24, 2.45) is 0 Å². The van der Waals surface area contributed by atoms with Crippen molar-refractivity contribution >= 4 is 22.1 Å². The molecule has 0 bridgehead atoms. The molecule has 0 spiro atoms. The van der Waals surface area contributed by atoms with E-state index >= 15 is 0 Å². The zero-order chi connectivity index (χ0) is 17.5. The van der Waals surface area contributed by atoms with Gasteiger partial charge in [0.05, 0.1) is 6.20 Å². The number of fused-ring (bicyclic) bond motifs is 3. The molecule has 0 saturated heterocycles. The Balaban J connectivity index is 1.56. The van der Waals surface area contributed by atoms with Gasteiger partial charge in [-0.3, -0.25) is 0 Å². The molecule has 0 aliphatic carbocycles. The summed E-state index contributed by atoms with van der Waals surface area (Å²) in [7, 11) is 0. The smallest absolute Gasteiger partial charge is 0.227 e. The molecule has 5 nitrogen and oxygen atoms in total. The Morgan fingerprint density at radius 3 is 2.69 bits per heavy atom. The first-order valence-corrected chi connectivity index (χ1v) is 8.35. The van der Waals surface area contributed by atoms with E-state index < -0.39 is 0 Å². The van der Waals surface area contributed by atoms with Crippen LogP contribution < -0.4 is 4.74 Å². The molecule has 0 aliphatic rings. The highest BCUT2D eigenvalue weighted by molar-refractivity contribution is 6.05. The summed E-state index contributed by atoms with van der Waals surface area (Å²) in [6, 6.07) is 19.7. The number of nitrogens with one attached hydrogen (secondary N) is 1. The van der Waals surface area contributed by atoms with Crippen molar-refractivity contribution in [1.29, 1.82) is 0 Å². The number of rotatable bonds is 3. The number of aryl methyl sites for hydroxylation is 1. The van der Waals surface area contributed by atoms with Gasteiger partial charge in [0.1, 0.15) is 5.82 Å². The van der Waals surface area contributed by atoms with Crippen LogP contribution in [0, 0.1) is 6.92 Å². The minimum Gasteiger partial charge on any atom is -0.435 e. The summed E-state index contributed by atoms with van der Waals surface area (Å²) in [5, 5.41) is 1.96. The Hall–Kier alpha value is -3.60. The number of para-hydroxylation sites is 1. The van der Waals surface area contributed by atoms with Crippen molar-refractivity contribution < 1.29 is 9.15 Å². The summed E-state index contributed by atoms with van der Waals surface area (Å²) in [6.45, 7) is 1.94. The van der Waals surface area contributed by atoms with Gasteiger partial charge in [0.2, 0.25) is 11.6 Å². The van der Waals surface area contributed by atoms with Gasteiger partial charge in [-0.05, 0) is 25.1 Å². The first-order chi connectivity index (χ1) is 12.8. The first kappa shape index (κ1) is 14.7. The van der Waals surface area contributed by atoms with Crippen molar-refractivity contribution in [3.63, 3.8) is 0 Å². The number of hydrogen-bond donors (Lipinski definition) is 1. The second-order valence-electron chi connectivity index (χ2n) is 6.10.